The van der Waals surface area contributed by atoms with E-state index in [4.69, 9.17) is 5.73 Å². The summed E-state index contributed by atoms with van der Waals surface area (Å²) in [6.45, 7) is 3.41. The van der Waals surface area contributed by atoms with Crippen LogP contribution in [0.2, 0.25) is 0 Å². The maximum Gasteiger partial charge on any atom is 0.0948 e. The van der Waals surface area contributed by atoms with Gasteiger partial charge in [-0.05, 0) is 30.2 Å². The SMILES string of the molecule is CC1(Cn2cncc2[C@H](N)Cc2ccccc2)CCC1. The van der Waals surface area contributed by atoms with Crippen molar-refractivity contribution < 1.29 is 0 Å². The van der Waals surface area contributed by atoms with E-state index in [0.717, 1.165) is 18.7 Å². The van der Waals surface area contributed by atoms with Crippen LogP contribution in [0.3, 0.4) is 0 Å². The van der Waals surface area contributed by atoms with Crippen LogP contribution < -0.4 is 5.73 Å². The predicted molar refractivity (Wildman–Crippen MR) is 81.3 cm³/mol. The molecule has 0 amide bonds. The van der Waals surface area contributed by atoms with Crippen LogP contribution in [0.25, 0.3) is 0 Å². The third-order valence-electron chi connectivity index (χ3n) is 4.54. The lowest BCUT2D eigenvalue weighted by Gasteiger charge is -2.39. The summed E-state index contributed by atoms with van der Waals surface area (Å²) in [5, 5.41) is 0. The zero-order chi connectivity index (χ0) is 14.0. The molecule has 1 heterocycles. The molecule has 1 aromatic heterocycles. The van der Waals surface area contributed by atoms with Crippen LogP contribution in [-0.4, -0.2) is 9.55 Å². The van der Waals surface area contributed by atoms with Crippen molar-refractivity contribution in [2.45, 2.75) is 45.2 Å². The smallest absolute Gasteiger partial charge is 0.0948 e. The highest BCUT2D eigenvalue weighted by atomic mass is 15.1. The molecule has 106 valence electrons. The number of imidazole rings is 1. The zero-order valence-electron chi connectivity index (χ0n) is 12.1. The molecule has 1 aliphatic rings. The van der Waals surface area contributed by atoms with Gasteiger partial charge in [-0.15, -0.1) is 0 Å². The lowest BCUT2D eigenvalue weighted by atomic mass is 9.70. The molecule has 0 unspecified atom stereocenters. The number of aromatic nitrogens is 2. The second-order valence-corrected chi connectivity index (χ2v) is 6.41. The van der Waals surface area contributed by atoms with Gasteiger partial charge in [0.15, 0.2) is 0 Å². The number of hydrogen-bond acceptors (Lipinski definition) is 2. The molecule has 0 saturated heterocycles. The highest BCUT2D eigenvalue weighted by Crippen LogP contribution is 2.42. The van der Waals surface area contributed by atoms with Crippen molar-refractivity contribution in [3.05, 3.63) is 54.1 Å². The Morgan fingerprint density at radius 3 is 2.70 bits per heavy atom. The van der Waals surface area contributed by atoms with Crippen molar-refractivity contribution >= 4 is 0 Å². The fraction of sp³-hybridized carbons (Fsp3) is 0.471. The van der Waals surface area contributed by atoms with Gasteiger partial charge in [-0.2, -0.15) is 0 Å². The topological polar surface area (TPSA) is 43.8 Å². The Hall–Kier alpha value is -1.61. The standard InChI is InChI=1S/C17H23N3/c1-17(8-5-9-17)12-20-13-19-11-16(20)15(18)10-14-6-3-2-4-7-14/h2-4,6-7,11,13,15H,5,8-10,12,18H2,1H3/t15-/m1/s1. The fourth-order valence-corrected chi connectivity index (χ4v) is 3.09. The lowest BCUT2D eigenvalue weighted by molar-refractivity contribution is 0.130. The number of rotatable bonds is 5. The van der Waals surface area contributed by atoms with Crippen LogP contribution in [0.5, 0.6) is 0 Å². The maximum atomic E-state index is 6.39. The average Bonchev–Trinajstić information content (AvgIpc) is 2.86. The summed E-state index contributed by atoms with van der Waals surface area (Å²) in [4.78, 5) is 4.31. The Balaban J connectivity index is 1.72. The molecule has 1 aliphatic carbocycles. The summed E-state index contributed by atoms with van der Waals surface area (Å²) in [7, 11) is 0. The fourth-order valence-electron chi connectivity index (χ4n) is 3.09. The molecular formula is C17H23N3. The first-order valence-electron chi connectivity index (χ1n) is 7.46. The van der Waals surface area contributed by atoms with Crippen molar-refractivity contribution in [3.8, 4) is 0 Å². The molecule has 2 N–H and O–H groups in total. The lowest BCUT2D eigenvalue weighted by Crippen LogP contribution is -2.32. The molecule has 1 atom stereocenters. The van der Waals surface area contributed by atoms with Gasteiger partial charge in [0.2, 0.25) is 0 Å². The highest BCUT2D eigenvalue weighted by Gasteiger charge is 2.32. The minimum atomic E-state index is 0.0172. The van der Waals surface area contributed by atoms with Gasteiger partial charge < -0.3 is 10.3 Å². The number of nitrogens with zero attached hydrogens (tertiary/aromatic N) is 2. The molecule has 3 rings (SSSR count). The normalized spacial score (nSPS) is 18.5. The molecule has 3 nitrogen and oxygen atoms in total. The van der Waals surface area contributed by atoms with Crippen molar-refractivity contribution in [1.29, 1.82) is 0 Å². The first-order valence-corrected chi connectivity index (χ1v) is 7.46. The van der Waals surface area contributed by atoms with E-state index < -0.39 is 0 Å². The molecule has 1 fully saturated rings. The first-order chi connectivity index (χ1) is 9.66. The van der Waals surface area contributed by atoms with Crippen molar-refractivity contribution in [2.24, 2.45) is 11.1 Å². The van der Waals surface area contributed by atoms with E-state index in [0.29, 0.717) is 5.41 Å². The van der Waals surface area contributed by atoms with Crippen molar-refractivity contribution in [3.63, 3.8) is 0 Å². The molecule has 1 saturated carbocycles. The number of hydrogen-bond donors (Lipinski definition) is 1. The number of nitrogens with two attached hydrogens (primary N) is 1. The summed E-state index contributed by atoms with van der Waals surface area (Å²) in [6.07, 6.45) is 8.72. The maximum absolute atomic E-state index is 6.39. The first kappa shape index (κ1) is 13.4. The Morgan fingerprint density at radius 1 is 1.30 bits per heavy atom. The van der Waals surface area contributed by atoms with Crippen LogP contribution in [0, 0.1) is 5.41 Å². The Morgan fingerprint density at radius 2 is 2.05 bits per heavy atom. The highest BCUT2D eigenvalue weighted by molar-refractivity contribution is 5.18. The van der Waals surface area contributed by atoms with Gasteiger partial charge in [-0.1, -0.05) is 43.7 Å². The van der Waals surface area contributed by atoms with Gasteiger partial charge in [0.05, 0.1) is 18.1 Å². The average molecular weight is 269 g/mol. The van der Waals surface area contributed by atoms with Gasteiger partial charge in [-0.25, -0.2) is 4.98 Å². The van der Waals surface area contributed by atoms with Crippen LogP contribution in [-0.2, 0) is 13.0 Å². The van der Waals surface area contributed by atoms with Crippen LogP contribution in [0.15, 0.2) is 42.9 Å². The third kappa shape index (κ3) is 2.78. The van der Waals surface area contributed by atoms with Crippen LogP contribution in [0.4, 0.5) is 0 Å². The van der Waals surface area contributed by atoms with Gasteiger partial charge in [0.1, 0.15) is 0 Å². The largest absolute Gasteiger partial charge is 0.333 e. The third-order valence-corrected chi connectivity index (χ3v) is 4.54. The van der Waals surface area contributed by atoms with E-state index >= 15 is 0 Å². The van der Waals surface area contributed by atoms with E-state index in [9.17, 15) is 0 Å². The minimum absolute atomic E-state index is 0.0172. The quantitative estimate of drug-likeness (QED) is 0.905. The van der Waals surface area contributed by atoms with E-state index in [1.807, 2.05) is 18.6 Å². The molecular weight excluding hydrogens is 246 g/mol. The van der Waals surface area contributed by atoms with Crippen molar-refractivity contribution in [2.75, 3.05) is 0 Å². The summed E-state index contributed by atoms with van der Waals surface area (Å²) in [6, 6.07) is 10.4. The Bertz CT molecular complexity index is 555. The minimum Gasteiger partial charge on any atom is -0.333 e. The van der Waals surface area contributed by atoms with Crippen molar-refractivity contribution in [1.82, 2.24) is 9.55 Å². The van der Waals surface area contributed by atoms with E-state index in [1.54, 1.807) is 0 Å². The second kappa shape index (κ2) is 5.41. The molecule has 0 radical (unpaired) electrons. The Labute approximate surface area is 120 Å². The van der Waals surface area contributed by atoms with Gasteiger partial charge in [0, 0.05) is 12.7 Å². The summed E-state index contributed by atoms with van der Waals surface area (Å²) < 4.78 is 2.26. The monoisotopic (exact) mass is 269 g/mol. The van der Waals surface area contributed by atoms with Gasteiger partial charge in [-0.3, -0.25) is 0 Å². The molecule has 0 aliphatic heterocycles. The number of benzene rings is 1. The predicted octanol–water partition coefficient (Wildman–Crippen LogP) is 3.32. The molecule has 1 aromatic carbocycles. The second-order valence-electron chi connectivity index (χ2n) is 6.41. The van der Waals surface area contributed by atoms with Crippen LogP contribution in [0.1, 0.15) is 43.5 Å². The van der Waals surface area contributed by atoms with Gasteiger partial charge >= 0.3 is 0 Å². The van der Waals surface area contributed by atoms with E-state index in [1.165, 1.54) is 24.8 Å². The molecule has 3 heteroatoms. The Kier molecular flexibility index (Phi) is 3.62. The summed E-state index contributed by atoms with van der Waals surface area (Å²) in [5.41, 5.74) is 9.27. The summed E-state index contributed by atoms with van der Waals surface area (Å²) in [5.74, 6) is 0. The van der Waals surface area contributed by atoms with E-state index in [2.05, 4.69) is 40.7 Å². The molecule has 0 spiro atoms. The summed E-state index contributed by atoms with van der Waals surface area (Å²) >= 11 is 0. The molecule has 0 bridgehead atoms. The van der Waals surface area contributed by atoms with E-state index in [-0.39, 0.29) is 6.04 Å². The van der Waals surface area contributed by atoms with Gasteiger partial charge in [0.25, 0.3) is 0 Å². The van der Waals surface area contributed by atoms with Crippen LogP contribution >= 0.6 is 0 Å². The molecule has 20 heavy (non-hydrogen) atoms. The zero-order valence-corrected chi connectivity index (χ0v) is 12.1. The molecule has 2 aromatic rings.